The standard InChI is InChI=1S/C8H12F3NO/c1-2-3-5-12-6-4-7(13)8(9,10)11/h4,6,12H,2-3,5H2,1H3/b6-4+. The monoisotopic (exact) mass is 195 g/mol. The molecule has 0 radical (unpaired) electrons. The third kappa shape index (κ3) is 6.19. The van der Waals surface area contributed by atoms with E-state index >= 15 is 0 Å². The van der Waals surface area contributed by atoms with Gasteiger partial charge in [0.25, 0.3) is 5.78 Å². The molecule has 0 aromatic rings. The Morgan fingerprint density at radius 3 is 2.54 bits per heavy atom. The second kappa shape index (κ2) is 5.61. The summed E-state index contributed by atoms with van der Waals surface area (Å²) >= 11 is 0. The van der Waals surface area contributed by atoms with Crippen molar-refractivity contribution in [3.05, 3.63) is 12.3 Å². The first-order chi connectivity index (χ1) is 5.98. The lowest BCUT2D eigenvalue weighted by Crippen LogP contribution is -2.21. The summed E-state index contributed by atoms with van der Waals surface area (Å²) in [6.45, 7) is 2.55. The molecule has 0 atom stereocenters. The van der Waals surface area contributed by atoms with E-state index in [4.69, 9.17) is 0 Å². The molecule has 0 spiro atoms. The van der Waals surface area contributed by atoms with E-state index in [-0.39, 0.29) is 0 Å². The highest BCUT2D eigenvalue weighted by Gasteiger charge is 2.35. The molecule has 0 aliphatic rings. The second-order valence-electron chi connectivity index (χ2n) is 2.50. The highest BCUT2D eigenvalue weighted by Crippen LogP contribution is 2.15. The summed E-state index contributed by atoms with van der Waals surface area (Å²) in [5.74, 6) is -1.84. The zero-order valence-electron chi connectivity index (χ0n) is 7.32. The molecule has 0 bridgehead atoms. The molecule has 13 heavy (non-hydrogen) atoms. The van der Waals surface area contributed by atoms with Crippen molar-refractivity contribution >= 4 is 5.78 Å². The number of ketones is 1. The molecule has 0 saturated heterocycles. The zero-order chi connectivity index (χ0) is 10.3. The first-order valence-corrected chi connectivity index (χ1v) is 3.99. The molecule has 0 fully saturated rings. The minimum absolute atomic E-state index is 0.496. The van der Waals surface area contributed by atoms with E-state index in [1.807, 2.05) is 6.92 Å². The average molecular weight is 195 g/mol. The predicted molar refractivity (Wildman–Crippen MR) is 43.1 cm³/mol. The number of halogens is 3. The van der Waals surface area contributed by atoms with Crippen LogP contribution in [0.5, 0.6) is 0 Å². The fourth-order valence-electron chi connectivity index (χ4n) is 0.591. The maximum atomic E-state index is 11.6. The second-order valence-corrected chi connectivity index (χ2v) is 2.50. The van der Waals surface area contributed by atoms with Gasteiger partial charge in [0.2, 0.25) is 0 Å². The molecule has 0 heterocycles. The number of unbranched alkanes of at least 4 members (excludes halogenated alkanes) is 1. The maximum Gasteiger partial charge on any atom is 0.454 e. The Kier molecular flexibility index (Phi) is 5.18. The van der Waals surface area contributed by atoms with Gasteiger partial charge in [0, 0.05) is 18.8 Å². The van der Waals surface area contributed by atoms with E-state index in [1.54, 1.807) is 0 Å². The van der Waals surface area contributed by atoms with Crippen molar-refractivity contribution in [1.29, 1.82) is 0 Å². The number of alkyl halides is 3. The quantitative estimate of drug-likeness (QED) is 0.537. The smallest absolute Gasteiger partial charge is 0.391 e. The first-order valence-electron chi connectivity index (χ1n) is 3.99. The average Bonchev–Trinajstić information content (AvgIpc) is 2.02. The summed E-state index contributed by atoms with van der Waals surface area (Å²) in [6.07, 6.45) is -1.41. The summed E-state index contributed by atoms with van der Waals surface area (Å²) in [5, 5.41) is 2.59. The van der Waals surface area contributed by atoms with Crippen LogP contribution in [0.1, 0.15) is 19.8 Å². The molecule has 76 valence electrons. The van der Waals surface area contributed by atoms with Gasteiger partial charge in [0.05, 0.1) is 0 Å². The van der Waals surface area contributed by atoms with Gasteiger partial charge in [-0.1, -0.05) is 13.3 Å². The molecular weight excluding hydrogens is 183 g/mol. The van der Waals surface area contributed by atoms with Crippen molar-refractivity contribution in [2.45, 2.75) is 25.9 Å². The van der Waals surface area contributed by atoms with Crippen molar-refractivity contribution in [2.75, 3.05) is 6.54 Å². The van der Waals surface area contributed by atoms with Crippen LogP contribution < -0.4 is 5.32 Å². The van der Waals surface area contributed by atoms with Crippen LogP contribution in [0.3, 0.4) is 0 Å². The van der Waals surface area contributed by atoms with Gasteiger partial charge < -0.3 is 5.32 Å². The third-order valence-electron chi connectivity index (χ3n) is 1.31. The van der Waals surface area contributed by atoms with Crippen LogP contribution in [0.4, 0.5) is 13.2 Å². The van der Waals surface area contributed by atoms with Gasteiger partial charge in [0.1, 0.15) is 0 Å². The summed E-state index contributed by atoms with van der Waals surface area (Å²) < 4.78 is 34.8. The van der Waals surface area contributed by atoms with Crippen molar-refractivity contribution in [3.63, 3.8) is 0 Å². The number of carbonyl (C=O) groups is 1. The Bertz CT molecular complexity index is 186. The first kappa shape index (κ1) is 12.0. The van der Waals surface area contributed by atoms with E-state index in [0.29, 0.717) is 12.6 Å². The summed E-state index contributed by atoms with van der Waals surface area (Å²) in [5.41, 5.74) is 0. The predicted octanol–water partition coefficient (Wildman–Crippen LogP) is 2.02. The Morgan fingerprint density at radius 1 is 1.46 bits per heavy atom. The molecular formula is C8H12F3NO. The molecule has 0 saturated carbocycles. The van der Waals surface area contributed by atoms with E-state index in [1.165, 1.54) is 0 Å². The lowest BCUT2D eigenvalue weighted by atomic mass is 10.3. The third-order valence-corrected chi connectivity index (χ3v) is 1.31. The molecule has 0 amide bonds. The van der Waals surface area contributed by atoms with Crippen molar-refractivity contribution in [3.8, 4) is 0 Å². The van der Waals surface area contributed by atoms with Crippen LogP contribution in [-0.4, -0.2) is 18.5 Å². The Hall–Kier alpha value is -1.00. The molecule has 0 aromatic heterocycles. The van der Waals surface area contributed by atoms with Crippen molar-refractivity contribution in [2.24, 2.45) is 0 Å². The molecule has 1 N–H and O–H groups in total. The molecule has 0 aromatic carbocycles. The number of allylic oxidation sites excluding steroid dienone is 1. The molecule has 0 aliphatic heterocycles. The van der Waals surface area contributed by atoms with Crippen LogP contribution in [0, 0.1) is 0 Å². The van der Waals surface area contributed by atoms with Crippen LogP contribution in [-0.2, 0) is 4.79 Å². The summed E-state index contributed by atoms with van der Waals surface area (Å²) in [4.78, 5) is 10.2. The van der Waals surface area contributed by atoms with E-state index in [0.717, 1.165) is 19.0 Å². The fourth-order valence-corrected chi connectivity index (χ4v) is 0.591. The van der Waals surface area contributed by atoms with E-state index < -0.39 is 12.0 Å². The number of carbonyl (C=O) groups excluding carboxylic acids is 1. The Balaban J connectivity index is 3.67. The number of nitrogens with one attached hydrogen (secondary N) is 1. The molecule has 0 rings (SSSR count). The van der Waals surface area contributed by atoms with Gasteiger partial charge in [-0.2, -0.15) is 13.2 Å². The van der Waals surface area contributed by atoms with Crippen LogP contribution in [0.15, 0.2) is 12.3 Å². The van der Waals surface area contributed by atoms with Crippen LogP contribution >= 0.6 is 0 Å². The van der Waals surface area contributed by atoms with Crippen LogP contribution in [0.2, 0.25) is 0 Å². The Morgan fingerprint density at radius 2 is 2.08 bits per heavy atom. The zero-order valence-corrected chi connectivity index (χ0v) is 7.32. The number of rotatable bonds is 5. The maximum absolute atomic E-state index is 11.6. The van der Waals surface area contributed by atoms with Crippen LogP contribution in [0.25, 0.3) is 0 Å². The summed E-state index contributed by atoms with van der Waals surface area (Å²) in [6, 6.07) is 0. The molecule has 5 heteroatoms. The van der Waals surface area contributed by atoms with E-state index in [9.17, 15) is 18.0 Å². The largest absolute Gasteiger partial charge is 0.454 e. The highest BCUT2D eigenvalue weighted by molar-refractivity contribution is 5.94. The lowest BCUT2D eigenvalue weighted by Gasteiger charge is -2.00. The minimum Gasteiger partial charge on any atom is -0.391 e. The summed E-state index contributed by atoms with van der Waals surface area (Å²) in [7, 11) is 0. The molecule has 0 unspecified atom stereocenters. The van der Waals surface area contributed by atoms with Crippen molar-refractivity contribution in [1.82, 2.24) is 5.32 Å². The SMILES string of the molecule is CCCCN/C=C/C(=O)C(F)(F)F. The number of hydrogen-bond donors (Lipinski definition) is 1. The molecule has 0 aliphatic carbocycles. The van der Waals surface area contributed by atoms with Gasteiger partial charge in [-0.3, -0.25) is 4.79 Å². The Labute approximate surface area is 74.8 Å². The van der Waals surface area contributed by atoms with Gasteiger partial charge in [-0.25, -0.2) is 0 Å². The normalized spacial score (nSPS) is 12.0. The number of hydrogen-bond acceptors (Lipinski definition) is 2. The minimum atomic E-state index is -4.76. The van der Waals surface area contributed by atoms with Crippen molar-refractivity contribution < 1.29 is 18.0 Å². The van der Waals surface area contributed by atoms with Gasteiger partial charge in [-0.15, -0.1) is 0 Å². The van der Waals surface area contributed by atoms with Gasteiger partial charge in [0.15, 0.2) is 0 Å². The lowest BCUT2D eigenvalue weighted by molar-refractivity contribution is -0.165. The highest BCUT2D eigenvalue weighted by atomic mass is 19.4. The topological polar surface area (TPSA) is 29.1 Å². The van der Waals surface area contributed by atoms with Gasteiger partial charge >= 0.3 is 6.18 Å². The van der Waals surface area contributed by atoms with Gasteiger partial charge in [-0.05, 0) is 6.42 Å². The fraction of sp³-hybridized carbons (Fsp3) is 0.625. The van der Waals surface area contributed by atoms with E-state index in [2.05, 4.69) is 5.32 Å². The molecule has 2 nitrogen and oxygen atoms in total.